The minimum atomic E-state index is -0.508. The number of benzene rings is 1. The standard InChI is InChI=1S/C15H15N3O3/c1-2-17(10-13-5-3-4-8-16-13)15-7-6-14(18(20)21)9-12(15)11-19/h3-9,11H,2,10H2,1H3. The van der Waals surface area contributed by atoms with Crippen molar-refractivity contribution in [3.05, 3.63) is 64.0 Å². The van der Waals surface area contributed by atoms with Crippen molar-refractivity contribution >= 4 is 17.7 Å². The second-order valence-electron chi connectivity index (χ2n) is 4.45. The van der Waals surface area contributed by atoms with Crippen molar-refractivity contribution in [1.29, 1.82) is 0 Å². The van der Waals surface area contributed by atoms with Gasteiger partial charge in [0.05, 0.1) is 17.2 Å². The van der Waals surface area contributed by atoms with Crippen LogP contribution in [0.25, 0.3) is 0 Å². The molecule has 2 rings (SSSR count). The maximum atomic E-state index is 11.2. The fourth-order valence-corrected chi connectivity index (χ4v) is 2.09. The average molecular weight is 285 g/mol. The highest BCUT2D eigenvalue weighted by Gasteiger charge is 2.15. The monoisotopic (exact) mass is 285 g/mol. The predicted molar refractivity (Wildman–Crippen MR) is 79.4 cm³/mol. The van der Waals surface area contributed by atoms with Crippen molar-refractivity contribution in [3.8, 4) is 0 Å². The molecule has 0 N–H and O–H groups in total. The highest BCUT2D eigenvalue weighted by molar-refractivity contribution is 5.85. The predicted octanol–water partition coefficient (Wildman–Crippen LogP) is 2.83. The lowest BCUT2D eigenvalue weighted by Crippen LogP contribution is -2.23. The molecule has 1 aromatic carbocycles. The Morgan fingerprint density at radius 3 is 2.71 bits per heavy atom. The third kappa shape index (κ3) is 3.42. The van der Waals surface area contributed by atoms with Crippen molar-refractivity contribution in [2.45, 2.75) is 13.5 Å². The lowest BCUT2D eigenvalue weighted by molar-refractivity contribution is -0.384. The maximum absolute atomic E-state index is 11.2. The Labute approximate surface area is 122 Å². The summed E-state index contributed by atoms with van der Waals surface area (Å²) in [6, 6.07) is 9.94. The quantitative estimate of drug-likeness (QED) is 0.463. The number of non-ortho nitro benzene ring substituents is 1. The van der Waals surface area contributed by atoms with Crippen molar-refractivity contribution in [3.63, 3.8) is 0 Å². The number of anilines is 1. The molecular formula is C15H15N3O3. The summed E-state index contributed by atoms with van der Waals surface area (Å²) in [4.78, 5) is 27.7. The van der Waals surface area contributed by atoms with Gasteiger partial charge in [-0.1, -0.05) is 6.07 Å². The van der Waals surface area contributed by atoms with Crippen LogP contribution in [0.5, 0.6) is 0 Å². The van der Waals surface area contributed by atoms with Crippen molar-refractivity contribution in [1.82, 2.24) is 4.98 Å². The van der Waals surface area contributed by atoms with E-state index in [0.29, 0.717) is 30.6 Å². The van der Waals surface area contributed by atoms with Crippen molar-refractivity contribution in [2.24, 2.45) is 0 Å². The van der Waals surface area contributed by atoms with Gasteiger partial charge in [-0.15, -0.1) is 0 Å². The van der Waals surface area contributed by atoms with Gasteiger partial charge in [0.2, 0.25) is 0 Å². The van der Waals surface area contributed by atoms with Crippen molar-refractivity contribution in [2.75, 3.05) is 11.4 Å². The van der Waals surface area contributed by atoms with Crippen LogP contribution in [0.1, 0.15) is 23.0 Å². The van der Waals surface area contributed by atoms with E-state index in [2.05, 4.69) is 4.98 Å². The summed E-state index contributed by atoms with van der Waals surface area (Å²) in [5.41, 5.74) is 1.76. The first-order valence-electron chi connectivity index (χ1n) is 6.54. The number of aldehydes is 1. The Kier molecular flexibility index (Phi) is 4.61. The Bertz CT molecular complexity index is 644. The molecule has 0 saturated heterocycles. The number of hydrogen-bond donors (Lipinski definition) is 0. The molecule has 0 aliphatic rings. The molecule has 6 heteroatoms. The number of nitrogens with zero attached hydrogens (tertiary/aromatic N) is 3. The number of nitro benzene ring substituents is 1. The van der Waals surface area contributed by atoms with Crippen LogP contribution in [0.4, 0.5) is 11.4 Å². The van der Waals surface area contributed by atoms with Gasteiger partial charge in [0.25, 0.3) is 5.69 Å². The molecule has 1 aromatic heterocycles. The molecule has 0 spiro atoms. The van der Waals surface area contributed by atoms with Gasteiger partial charge in [-0.2, -0.15) is 0 Å². The lowest BCUT2D eigenvalue weighted by Gasteiger charge is -2.24. The summed E-state index contributed by atoms with van der Waals surface area (Å²) in [5, 5.41) is 10.8. The largest absolute Gasteiger partial charge is 0.365 e. The van der Waals surface area contributed by atoms with Gasteiger partial charge >= 0.3 is 0 Å². The van der Waals surface area contributed by atoms with E-state index in [-0.39, 0.29) is 5.69 Å². The Hall–Kier alpha value is -2.76. The Morgan fingerprint density at radius 1 is 1.33 bits per heavy atom. The van der Waals surface area contributed by atoms with Gasteiger partial charge in [-0.3, -0.25) is 19.9 Å². The molecule has 2 aromatic rings. The van der Waals surface area contributed by atoms with Gasteiger partial charge in [0.15, 0.2) is 6.29 Å². The summed E-state index contributed by atoms with van der Waals surface area (Å²) in [6.07, 6.45) is 2.35. The average Bonchev–Trinajstić information content (AvgIpc) is 2.53. The van der Waals surface area contributed by atoms with E-state index < -0.39 is 4.92 Å². The fourth-order valence-electron chi connectivity index (χ4n) is 2.09. The number of carbonyl (C=O) groups is 1. The van der Waals surface area contributed by atoms with E-state index in [0.717, 1.165) is 5.69 Å². The second-order valence-corrected chi connectivity index (χ2v) is 4.45. The maximum Gasteiger partial charge on any atom is 0.270 e. The van der Waals surface area contributed by atoms with E-state index >= 15 is 0 Å². The van der Waals surface area contributed by atoms with Gasteiger partial charge in [-0.05, 0) is 25.1 Å². The summed E-state index contributed by atoms with van der Waals surface area (Å²) >= 11 is 0. The highest BCUT2D eigenvalue weighted by atomic mass is 16.6. The van der Waals surface area contributed by atoms with Crippen molar-refractivity contribution < 1.29 is 9.72 Å². The first-order chi connectivity index (χ1) is 10.2. The topological polar surface area (TPSA) is 76.3 Å². The molecule has 0 radical (unpaired) electrons. The van der Waals surface area contributed by atoms with Crippen LogP contribution in [0.3, 0.4) is 0 Å². The molecule has 0 atom stereocenters. The molecule has 0 aliphatic carbocycles. The number of pyridine rings is 1. The van der Waals surface area contributed by atoms with Crippen LogP contribution in [-0.2, 0) is 6.54 Å². The molecule has 21 heavy (non-hydrogen) atoms. The molecule has 108 valence electrons. The lowest BCUT2D eigenvalue weighted by atomic mass is 10.1. The minimum Gasteiger partial charge on any atom is -0.365 e. The summed E-state index contributed by atoms with van der Waals surface area (Å²) in [6.45, 7) is 3.16. The van der Waals surface area contributed by atoms with E-state index in [1.54, 1.807) is 12.3 Å². The highest BCUT2D eigenvalue weighted by Crippen LogP contribution is 2.25. The van der Waals surface area contributed by atoms with E-state index in [1.165, 1.54) is 12.1 Å². The van der Waals surface area contributed by atoms with Gasteiger partial charge in [0, 0.05) is 36.1 Å². The molecule has 0 bridgehead atoms. The first kappa shape index (κ1) is 14.6. The molecule has 1 heterocycles. The summed E-state index contributed by atoms with van der Waals surface area (Å²) in [7, 11) is 0. The fraction of sp³-hybridized carbons (Fsp3) is 0.200. The second kappa shape index (κ2) is 6.60. The van der Waals surface area contributed by atoms with Crippen LogP contribution in [0.15, 0.2) is 42.6 Å². The van der Waals surface area contributed by atoms with Crippen LogP contribution in [-0.4, -0.2) is 22.7 Å². The van der Waals surface area contributed by atoms with Gasteiger partial charge in [-0.25, -0.2) is 0 Å². The Balaban J connectivity index is 2.33. The number of rotatable bonds is 6. The van der Waals surface area contributed by atoms with Crippen LogP contribution in [0.2, 0.25) is 0 Å². The zero-order valence-electron chi connectivity index (χ0n) is 11.6. The van der Waals surface area contributed by atoms with Crippen LogP contribution < -0.4 is 4.90 Å². The normalized spacial score (nSPS) is 10.1. The van der Waals surface area contributed by atoms with E-state index in [1.807, 2.05) is 30.0 Å². The molecule has 0 amide bonds. The molecule has 0 unspecified atom stereocenters. The van der Waals surface area contributed by atoms with Gasteiger partial charge < -0.3 is 4.90 Å². The third-order valence-electron chi connectivity index (χ3n) is 3.15. The molecule has 6 nitrogen and oxygen atoms in total. The number of carbonyl (C=O) groups excluding carboxylic acids is 1. The van der Waals surface area contributed by atoms with Gasteiger partial charge in [0.1, 0.15) is 0 Å². The Morgan fingerprint density at radius 2 is 2.14 bits per heavy atom. The smallest absolute Gasteiger partial charge is 0.270 e. The van der Waals surface area contributed by atoms with E-state index in [9.17, 15) is 14.9 Å². The molecule has 0 fully saturated rings. The summed E-state index contributed by atoms with van der Waals surface area (Å²) < 4.78 is 0. The zero-order chi connectivity index (χ0) is 15.2. The third-order valence-corrected chi connectivity index (χ3v) is 3.15. The molecule has 0 aliphatic heterocycles. The zero-order valence-corrected chi connectivity index (χ0v) is 11.6. The van der Waals surface area contributed by atoms with Crippen LogP contribution >= 0.6 is 0 Å². The number of nitro groups is 1. The van der Waals surface area contributed by atoms with Crippen LogP contribution in [0, 0.1) is 10.1 Å². The minimum absolute atomic E-state index is 0.0882. The number of hydrogen-bond acceptors (Lipinski definition) is 5. The first-order valence-corrected chi connectivity index (χ1v) is 6.54. The molecule has 0 saturated carbocycles. The molecular weight excluding hydrogens is 270 g/mol. The summed E-state index contributed by atoms with van der Waals surface area (Å²) in [5.74, 6) is 0. The SMILES string of the molecule is CCN(Cc1ccccn1)c1ccc([N+](=O)[O-])cc1C=O. The van der Waals surface area contributed by atoms with E-state index in [4.69, 9.17) is 0 Å². The number of aromatic nitrogens is 1.